The number of carbonyl (C=O) groups is 1. The number of esters is 1. The average Bonchev–Trinajstić information content (AvgIpc) is 2.76. The van der Waals surface area contributed by atoms with Crippen LogP contribution in [-0.2, 0) is 11.2 Å². The van der Waals surface area contributed by atoms with Gasteiger partial charge in [-0.1, -0.05) is 0 Å². The molecule has 0 aliphatic heterocycles. The van der Waals surface area contributed by atoms with Crippen molar-refractivity contribution in [2.24, 2.45) is 0 Å². The molecule has 2 aromatic rings. The van der Waals surface area contributed by atoms with Gasteiger partial charge in [0.15, 0.2) is 0 Å². The highest BCUT2D eigenvalue weighted by Gasteiger charge is 2.27. The molecule has 7 heteroatoms. The lowest BCUT2D eigenvalue weighted by atomic mass is 10.2. The van der Waals surface area contributed by atoms with Crippen LogP contribution in [0, 0.1) is 0 Å². The summed E-state index contributed by atoms with van der Waals surface area (Å²) in [7, 11) is 1.26. The first-order chi connectivity index (χ1) is 8.89. The zero-order valence-electron chi connectivity index (χ0n) is 10.0. The van der Waals surface area contributed by atoms with Crippen LogP contribution >= 0.6 is 0 Å². The molecule has 19 heavy (non-hydrogen) atoms. The van der Waals surface area contributed by atoms with E-state index in [1.54, 1.807) is 6.07 Å². The van der Waals surface area contributed by atoms with Crippen LogP contribution in [0.4, 0.5) is 13.2 Å². The Bertz CT molecular complexity index is 605. The van der Waals surface area contributed by atoms with Gasteiger partial charge in [0.25, 0.3) is 0 Å². The summed E-state index contributed by atoms with van der Waals surface area (Å²) in [5.74, 6) is -0.261. The second kappa shape index (κ2) is 4.91. The van der Waals surface area contributed by atoms with Crippen LogP contribution < -0.4 is 0 Å². The van der Waals surface area contributed by atoms with Crippen molar-refractivity contribution in [1.29, 1.82) is 0 Å². The summed E-state index contributed by atoms with van der Waals surface area (Å²) in [6.45, 7) is 0. The molecule has 0 spiro atoms. The van der Waals surface area contributed by atoms with Crippen LogP contribution in [0.3, 0.4) is 0 Å². The first-order valence-electron chi connectivity index (χ1n) is 5.53. The maximum absolute atomic E-state index is 12.1. The van der Waals surface area contributed by atoms with E-state index in [0.29, 0.717) is 16.6 Å². The SMILES string of the molecule is COC(=O)c1ccc2nc(CCC(F)(F)F)[nH]c2c1. The normalized spacial score (nSPS) is 11.8. The molecule has 0 atom stereocenters. The molecule has 4 nitrogen and oxygen atoms in total. The number of alkyl halides is 3. The van der Waals surface area contributed by atoms with Crippen molar-refractivity contribution < 1.29 is 22.7 Å². The number of aromatic nitrogens is 2. The highest BCUT2D eigenvalue weighted by atomic mass is 19.4. The van der Waals surface area contributed by atoms with Crippen molar-refractivity contribution >= 4 is 17.0 Å². The van der Waals surface area contributed by atoms with Gasteiger partial charge in [0.2, 0.25) is 0 Å². The van der Waals surface area contributed by atoms with E-state index in [1.807, 2.05) is 0 Å². The van der Waals surface area contributed by atoms with Crippen molar-refractivity contribution in [3.8, 4) is 0 Å². The Hall–Kier alpha value is -2.05. The highest BCUT2D eigenvalue weighted by Crippen LogP contribution is 2.22. The largest absolute Gasteiger partial charge is 0.465 e. The maximum Gasteiger partial charge on any atom is 0.389 e. The number of hydrogen-bond donors (Lipinski definition) is 1. The Kier molecular flexibility index (Phi) is 3.46. The Morgan fingerprint density at radius 1 is 1.42 bits per heavy atom. The van der Waals surface area contributed by atoms with Crippen molar-refractivity contribution in [1.82, 2.24) is 9.97 Å². The van der Waals surface area contributed by atoms with Crippen LogP contribution in [-0.4, -0.2) is 29.2 Å². The monoisotopic (exact) mass is 272 g/mol. The molecule has 1 heterocycles. The minimum atomic E-state index is -4.21. The lowest BCUT2D eigenvalue weighted by molar-refractivity contribution is -0.134. The number of hydrogen-bond acceptors (Lipinski definition) is 3. The molecule has 0 bridgehead atoms. The first kappa shape index (κ1) is 13.4. The summed E-state index contributed by atoms with van der Waals surface area (Å²) >= 11 is 0. The van der Waals surface area contributed by atoms with Crippen LogP contribution in [0.25, 0.3) is 11.0 Å². The molecular formula is C12H11F3N2O2. The van der Waals surface area contributed by atoms with Gasteiger partial charge in [-0.3, -0.25) is 0 Å². The van der Waals surface area contributed by atoms with Gasteiger partial charge in [-0.05, 0) is 18.2 Å². The molecule has 0 fully saturated rings. The van der Waals surface area contributed by atoms with E-state index < -0.39 is 18.6 Å². The van der Waals surface area contributed by atoms with Crippen molar-refractivity contribution in [3.05, 3.63) is 29.6 Å². The van der Waals surface area contributed by atoms with E-state index in [2.05, 4.69) is 14.7 Å². The summed E-state index contributed by atoms with van der Waals surface area (Å²) in [4.78, 5) is 18.1. The first-order valence-corrected chi connectivity index (χ1v) is 5.53. The number of rotatable bonds is 3. The Balaban J connectivity index is 2.23. The number of methoxy groups -OCH3 is 1. The van der Waals surface area contributed by atoms with Gasteiger partial charge >= 0.3 is 12.1 Å². The fraction of sp³-hybridized carbons (Fsp3) is 0.333. The number of ether oxygens (including phenoxy) is 1. The van der Waals surface area contributed by atoms with Gasteiger partial charge in [-0.25, -0.2) is 9.78 Å². The van der Waals surface area contributed by atoms with Crippen LogP contribution in [0.15, 0.2) is 18.2 Å². The van der Waals surface area contributed by atoms with Gasteiger partial charge in [0.1, 0.15) is 5.82 Å². The van der Waals surface area contributed by atoms with Crippen LogP contribution in [0.2, 0.25) is 0 Å². The van der Waals surface area contributed by atoms with E-state index >= 15 is 0 Å². The standard InChI is InChI=1S/C12H11F3N2O2/c1-19-11(18)7-2-3-8-9(6-7)17-10(16-8)4-5-12(13,14)15/h2-3,6H,4-5H2,1H3,(H,16,17). The Morgan fingerprint density at radius 3 is 2.79 bits per heavy atom. The van der Waals surface area contributed by atoms with Crippen molar-refractivity contribution in [2.45, 2.75) is 19.0 Å². The predicted octanol–water partition coefficient (Wildman–Crippen LogP) is 2.84. The Morgan fingerprint density at radius 2 is 2.16 bits per heavy atom. The molecule has 0 saturated heterocycles. The van der Waals surface area contributed by atoms with Crippen LogP contribution in [0.1, 0.15) is 22.6 Å². The van der Waals surface area contributed by atoms with E-state index in [-0.39, 0.29) is 12.2 Å². The number of benzene rings is 1. The zero-order valence-corrected chi connectivity index (χ0v) is 10.0. The minimum absolute atomic E-state index is 0.217. The highest BCUT2D eigenvalue weighted by molar-refractivity contribution is 5.93. The summed E-state index contributed by atoms with van der Waals surface area (Å²) in [5, 5.41) is 0. The number of carbonyl (C=O) groups excluding carboxylic acids is 1. The van der Waals surface area contributed by atoms with Crippen LogP contribution in [0.5, 0.6) is 0 Å². The molecule has 1 N–H and O–H groups in total. The molecule has 1 aromatic heterocycles. The smallest absolute Gasteiger partial charge is 0.389 e. The topological polar surface area (TPSA) is 55.0 Å². The number of halogens is 3. The molecular weight excluding hydrogens is 261 g/mol. The third kappa shape index (κ3) is 3.24. The van der Waals surface area contributed by atoms with Crippen molar-refractivity contribution in [3.63, 3.8) is 0 Å². The number of nitrogens with one attached hydrogen (secondary N) is 1. The van der Waals surface area contributed by atoms with Gasteiger partial charge in [-0.15, -0.1) is 0 Å². The molecule has 0 aliphatic carbocycles. The van der Waals surface area contributed by atoms with Gasteiger partial charge in [-0.2, -0.15) is 13.2 Å². The predicted molar refractivity (Wildman–Crippen MR) is 61.8 cm³/mol. The molecule has 0 saturated carbocycles. The lowest BCUT2D eigenvalue weighted by Crippen LogP contribution is -2.09. The third-order valence-electron chi connectivity index (χ3n) is 2.60. The molecule has 102 valence electrons. The van der Waals surface area contributed by atoms with E-state index in [0.717, 1.165) is 0 Å². The Labute approximate surface area is 106 Å². The summed E-state index contributed by atoms with van der Waals surface area (Å²) in [6, 6.07) is 4.59. The van der Waals surface area contributed by atoms with Gasteiger partial charge in [0.05, 0.1) is 30.1 Å². The summed E-state index contributed by atoms with van der Waals surface area (Å²) in [5.41, 5.74) is 1.35. The molecule has 0 amide bonds. The zero-order chi connectivity index (χ0) is 14.0. The van der Waals surface area contributed by atoms with E-state index in [1.165, 1.54) is 19.2 Å². The number of aryl methyl sites for hydroxylation is 1. The second-order valence-electron chi connectivity index (χ2n) is 4.02. The van der Waals surface area contributed by atoms with E-state index in [4.69, 9.17) is 0 Å². The summed E-state index contributed by atoms with van der Waals surface area (Å²) in [6.07, 6.45) is -5.36. The fourth-order valence-corrected chi connectivity index (χ4v) is 1.69. The van der Waals surface area contributed by atoms with Gasteiger partial charge < -0.3 is 9.72 Å². The molecule has 2 rings (SSSR count). The molecule has 0 aliphatic rings. The van der Waals surface area contributed by atoms with Crippen molar-refractivity contribution in [2.75, 3.05) is 7.11 Å². The third-order valence-corrected chi connectivity index (χ3v) is 2.60. The number of fused-ring (bicyclic) bond motifs is 1. The van der Waals surface area contributed by atoms with Gasteiger partial charge in [0, 0.05) is 6.42 Å². The number of H-pyrrole nitrogens is 1. The fourth-order valence-electron chi connectivity index (χ4n) is 1.69. The molecule has 0 unspecified atom stereocenters. The lowest BCUT2D eigenvalue weighted by Gasteiger charge is -2.02. The molecule has 1 aromatic carbocycles. The summed E-state index contributed by atoms with van der Waals surface area (Å²) < 4.78 is 40.9. The minimum Gasteiger partial charge on any atom is -0.465 e. The van der Waals surface area contributed by atoms with E-state index in [9.17, 15) is 18.0 Å². The number of imidazole rings is 1. The molecule has 0 radical (unpaired) electrons. The second-order valence-corrected chi connectivity index (χ2v) is 4.02. The maximum atomic E-state index is 12.1. The number of nitrogens with zero attached hydrogens (tertiary/aromatic N) is 1. The number of aromatic amines is 1. The quantitative estimate of drug-likeness (QED) is 0.874. The average molecular weight is 272 g/mol.